The van der Waals surface area contributed by atoms with E-state index >= 15 is 0 Å². The highest BCUT2D eigenvalue weighted by atomic mass is 19.4. The predicted molar refractivity (Wildman–Crippen MR) is 83.0 cm³/mol. The molecule has 2 aromatic rings. The number of aromatic nitrogens is 1. The third kappa shape index (κ3) is 4.96. The summed E-state index contributed by atoms with van der Waals surface area (Å²) in [4.78, 5) is 3.80. The van der Waals surface area contributed by atoms with Gasteiger partial charge in [-0.15, -0.1) is 0 Å². The maximum absolute atomic E-state index is 13.0. The molecule has 1 aromatic carbocycles. The molecule has 1 heterocycles. The zero-order valence-corrected chi connectivity index (χ0v) is 12.9. The minimum atomic E-state index is -4.43. The molecule has 0 amide bonds. The molecule has 0 aliphatic heterocycles. The molecule has 0 spiro atoms. The Morgan fingerprint density at radius 2 is 1.83 bits per heavy atom. The number of rotatable bonds is 7. The van der Waals surface area contributed by atoms with Crippen LogP contribution in [-0.4, -0.2) is 11.6 Å². The molecule has 3 nitrogen and oxygen atoms in total. The van der Waals surface area contributed by atoms with Crippen LogP contribution in [0.2, 0.25) is 0 Å². The van der Waals surface area contributed by atoms with E-state index in [1.54, 1.807) is 0 Å². The monoisotopic (exact) mass is 324 g/mol. The average Bonchev–Trinajstić information content (AvgIpc) is 2.53. The second kappa shape index (κ2) is 7.97. The van der Waals surface area contributed by atoms with Crippen molar-refractivity contribution >= 4 is 5.82 Å². The van der Waals surface area contributed by atoms with E-state index in [4.69, 9.17) is 4.74 Å². The van der Waals surface area contributed by atoms with Gasteiger partial charge in [0.1, 0.15) is 5.82 Å². The largest absolute Gasteiger partial charge is 0.419 e. The fourth-order valence-corrected chi connectivity index (χ4v) is 2.15. The van der Waals surface area contributed by atoms with E-state index in [0.717, 1.165) is 23.6 Å². The lowest BCUT2D eigenvalue weighted by atomic mass is 10.1. The molecule has 1 N–H and O–H groups in total. The first-order chi connectivity index (χ1) is 11.0. The molecule has 0 saturated carbocycles. The first kappa shape index (κ1) is 17.3. The van der Waals surface area contributed by atoms with Crippen molar-refractivity contribution in [2.24, 2.45) is 0 Å². The molecule has 0 unspecified atom stereocenters. The summed E-state index contributed by atoms with van der Waals surface area (Å²) in [6, 6.07) is 9.81. The van der Waals surface area contributed by atoms with Crippen LogP contribution in [-0.2, 0) is 24.1 Å². The third-order valence-electron chi connectivity index (χ3n) is 3.28. The van der Waals surface area contributed by atoms with Crippen LogP contribution in [0.1, 0.15) is 30.0 Å². The summed E-state index contributed by atoms with van der Waals surface area (Å²) in [6.45, 7) is 3.37. The Labute approximate surface area is 133 Å². The second-order valence-corrected chi connectivity index (χ2v) is 5.07. The highest BCUT2D eigenvalue weighted by molar-refractivity contribution is 5.46. The summed E-state index contributed by atoms with van der Waals surface area (Å²) in [5.74, 6) is -0.163. The number of halogens is 3. The van der Waals surface area contributed by atoms with Crippen molar-refractivity contribution in [2.75, 3.05) is 11.9 Å². The molecule has 0 aliphatic carbocycles. The number of hydrogen-bond acceptors (Lipinski definition) is 3. The summed E-state index contributed by atoms with van der Waals surface area (Å²) < 4.78 is 44.4. The van der Waals surface area contributed by atoms with E-state index in [-0.39, 0.29) is 12.4 Å². The van der Waals surface area contributed by atoms with Crippen LogP contribution in [0, 0.1) is 0 Å². The van der Waals surface area contributed by atoms with Crippen LogP contribution in [0.4, 0.5) is 19.0 Å². The van der Waals surface area contributed by atoms with E-state index in [9.17, 15) is 13.2 Å². The first-order valence-corrected chi connectivity index (χ1v) is 7.43. The van der Waals surface area contributed by atoms with E-state index in [2.05, 4.69) is 10.3 Å². The number of benzene rings is 1. The van der Waals surface area contributed by atoms with Gasteiger partial charge in [-0.05, 0) is 29.7 Å². The predicted octanol–water partition coefficient (Wildman–Crippen LogP) is 4.64. The Bertz CT molecular complexity index is 629. The van der Waals surface area contributed by atoms with E-state index in [1.165, 1.54) is 12.3 Å². The first-order valence-electron chi connectivity index (χ1n) is 7.43. The summed E-state index contributed by atoms with van der Waals surface area (Å²) in [7, 11) is 0. The summed E-state index contributed by atoms with van der Waals surface area (Å²) in [5, 5.41) is 2.78. The Kier molecular flexibility index (Phi) is 5.98. The lowest BCUT2D eigenvalue weighted by Gasteiger charge is -2.15. The molecule has 1 aromatic heterocycles. The van der Waals surface area contributed by atoms with Gasteiger partial charge in [-0.2, -0.15) is 13.2 Å². The Hall–Kier alpha value is -2.08. The lowest BCUT2D eigenvalue weighted by molar-refractivity contribution is -0.137. The number of ether oxygens (including phenoxy) is 1. The van der Waals surface area contributed by atoms with Gasteiger partial charge in [0.15, 0.2) is 0 Å². The van der Waals surface area contributed by atoms with Crippen LogP contribution >= 0.6 is 0 Å². The SMILES string of the molecule is CCCOCc1ccccc1CNc1ncccc1C(F)(F)F. The summed E-state index contributed by atoms with van der Waals surface area (Å²) in [6.07, 6.45) is -2.17. The molecular formula is C17H19F3N2O. The molecule has 124 valence electrons. The molecule has 0 bridgehead atoms. The van der Waals surface area contributed by atoms with Gasteiger partial charge < -0.3 is 10.1 Å². The minimum Gasteiger partial charge on any atom is -0.377 e. The minimum absolute atomic E-state index is 0.163. The third-order valence-corrected chi connectivity index (χ3v) is 3.28. The molecule has 2 rings (SSSR count). The zero-order chi connectivity index (χ0) is 16.7. The van der Waals surface area contributed by atoms with Crippen LogP contribution in [0.15, 0.2) is 42.6 Å². The molecule has 0 radical (unpaired) electrons. The average molecular weight is 324 g/mol. The van der Waals surface area contributed by atoms with Crippen molar-refractivity contribution in [2.45, 2.75) is 32.7 Å². The van der Waals surface area contributed by atoms with Crippen molar-refractivity contribution in [1.29, 1.82) is 0 Å². The quantitative estimate of drug-likeness (QED) is 0.754. The standard InChI is InChI=1S/C17H19F3N2O/c1-2-10-23-12-14-7-4-3-6-13(14)11-22-16-15(17(18,19)20)8-5-9-21-16/h3-9H,2,10-12H2,1H3,(H,21,22). The Morgan fingerprint density at radius 1 is 1.09 bits per heavy atom. The van der Waals surface area contributed by atoms with Gasteiger partial charge in [-0.3, -0.25) is 0 Å². The van der Waals surface area contributed by atoms with Crippen LogP contribution in [0.5, 0.6) is 0 Å². The highest BCUT2D eigenvalue weighted by Gasteiger charge is 2.33. The van der Waals surface area contributed by atoms with Crippen molar-refractivity contribution in [3.8, 4) is 0 Å². The van der Waals surface area contributed by atoms with Crippen LogP contribution in [0.25, 0.3) is 0 Å². The number of nitrogens with zero attached hydrogens (tertiary/aromatic N) is 1. The zero-order valence-electron chi connectivity index (χ0n) is 12.9. The van der Waals surface area contributed by atoms with Crippen molar-refractivity contribution in [3.05, 3.63) is 59.3 Å². The van der Waals surface area contributed by atoms with Gasteiger partial charge in [-0.25, -0.2) is 4.98 Å². The number of alkyl halides is 3. The van der Waals surface area contributed by atoms with Crippen LogP contribution < -0.4 is 5.32 Å². The van der Waals surface area contributed by atoms with E-state index < -0.39 is 11.7 Å². The normalized spacial score (nSPS) is 11.5. The topological polar surface area (TPSA) is 34.1 Å². The number of nitrogens with one attached hydrogen (secondary N) is 1. The lowest BCUT2D eigenvalue weighted by Crippen LogP contribution is -2.13. The molecule has 6 heteroatoms. The number of anilines is 1. The second-order valence-electron chi connectivity index (χ2n) is 5.07. The Balaban J connectivity index is 2.10. The molecule has 0 atom stereocenters. The molecule has 0 aliphatic rings. The maximum Gasteiger partial charge on any atom is 0.419 e. The fraction of sp³-hybridized carbons (Fsp3) is 0.353. The van der Waals surface area contributed by atoms with Crippen molar-refractivity contribution < 1.29 is 17.9 Å². The molecule has 0 saturated heterocycles. The molecule has 0 fully saturated rings. The summed E-state index contributed by atoms with van der Waals surface area (Å²) in [5.41, 5.74) is 1.08. The van der Waals surface area contributed by atoms with E-state index in [0.29, 0.717) is 13.2 Å². The van der Waals surface area contributed by atoms with Gasteiger partial charge in [0, 0.05) is 19.3 Å². The highest BCUT2D eigenvalue weighted by Crippen LogP contribution is 2.33. The summed E-state index contributed by atoms with van der Waals surface area (Å²) >= 11 is 0. The van der Waals surface area contributed by atoms with Crippen molar-refractivity contribution in [1.82, 2.24) is 4.98 Å². The van der Waals surface area contributed by atoms with Crippen LogP contribution in [0.3, 0.4) is 0 Å². The number of pyridine rings is 1. The fourth-order valence-electron chi connectivity index (χ4n) is 2.15. The van der Waals surface area contributed by atoms with Gasteiger partial charge in [0.05, 0.1) is 12.2 Å². The molecule has 23 heavy (non-hydrogen) atoms. The van der Waals surface area contributed by atoms with Gasteiger partial charge in [-0.1, -0.05) is 31.2 Å². The smallest absolute Gasteiger partial charge is 0.377 e. The number of hydrogen-bond donors (Lipinski definition) is 1. The molecular weight excluding hydrogens is 305 g/mol. The van der Waals surface area contributed by atoms with Crippen molar-refractivity contribution in [3.63, 3.8) is 0 Å². The van der Waals surface area contributed by atoms with Gasteiger partial charge in [0.2, 0.25) is 0 Å². The Morgan fingerprint density at radius 3 is 2.52 bits per heavy atom. The van der Waals surface area contributed by atoms with Gasteiger partial charge >= 0.3 is 6.18 Å². The van der Waals surface area contributed by atoms with Gasteiger partial charge in [0.25, 0.3) is 0 Å². The maximum atomic E-state index is 13.0. The van der Waals surface area contributed by atoms with E-state index in [1.807, 2.05) is 31.2 Å².